The maximum atomic E-state index is 13.2. The first-order chi connectivity index (χ1) is 12.5. The van der Waals surface area contributed by atoms with Crippen molar-refractivity contribution in [3.8, 4) is 5.75 Å². The summed E-state index contributed by atoms with van der Waals surface area (Å²) in [5.41, 5.74) is 4.56. The van der Waals surface area contributed by atoms with Crippen molar-refractivity contribution in [3.05, 3.63) is 70.8 Å². The minimum Gasteiger partial charge on any atom is -0.508 e. The number of hydrogen-bond donors (Lipinski definition) is 1. The Balaban J connectivity index is 1.99. The fourth-order valence-corrected chi connectivity index (χ4v) is 4.38. The second-order valence-corrected chi connectivity index (χ2v) is 7.25. The summed E-state index contributed by atoms with van der Waals surface area (Å²) in [6.07, 6.45) is 0.723. The van der Waals surface area contributed by atoms with Crippen molar-refractivity contribution in [2.24, 2.45) is 10.9 Å². The monoisotopic (exact) mass is 361 g/mol. The molecule has 1 aliphatic heterocycles. The van der Waals surface area contributed by atoms with Crippen molar-refractivity contribution in [3.63, 3.8) is 0 Å². The first-order valence-electron chi connectivity index (χ1n) is 8.78. The lowest BCUT2D eigenvalue weighted by Gasteiger charge is -2.32. The largest absolute Gasteiger partial charge is 0.508 e. The number of aliphatic imine (C=N–C) groups is 1. The Morgan fingerprint density at radius 2 is 1.77 bits per heavy atom. The zero-order valence-corrected chi connectivity index (χ0v) is 15.5. The van der Waals surface area contributed by atoms with E-state index < -0.39 is 0 Å². The van der Waals surface area contributed by atoms with Crippen molar-refractivity contribution >= 4 is 34.3 Å². The number of Topliss-reactive ketones (excluding diaryl/α,β-unsaturated/α-hetero) is 1. The molecular formula is C22H19NO2S. The Morgan fingerprint density at radius 1 is 1.12 bits per heavy atom. The van der Waals surface area contributed by atoms with Crippen LogP contribution in [0.4, 0.5) is 0 Å². The third-order valence-electron chi connectivity index (χ3n) is 5.28. The van der Waals surface area contributed by atoms with Crippen molar-refractivity contribution < 1.29 is 9.90 Å². The second kappa shape index (κ2) is 6.29. The number of nitrogens with zero attached hydrogens (tertiary/aromatic N) is 1. The van der Waals surface area contributed by atoms with Crippen LogP contribution in [-0.2, 0) is 0 Å². The summed E-state index contributed by atoms with van der Waals surface area (Å²) < 4.78 is 0. The Labute approximate surface area is 158 Å². The van der Waals surface area contributed by atoms with Gasteiger partial charge in [-0.1, -0.05) is 61.6 Å². The SMILES string of the molecule is CCC(=S)C1C(C)=NC2=C(C(=O)c3ccccc32)C1c1ccccc1O. The standard InChI is InChI=1S/C22H19NO2S/c1-3-17(26)18-12(2)23-21-13-8-4-5-9-14(13)22(25)20(21)19(18)15-10-6-7-11-16(15)24/h4-11,18-19,24H,3H2,1-2H3. The van der Waals surface area contributed by atoms with Gasteiger partial charge in [-0.05, 0) is 19.4 Å². The number of carbonyl (C=O) groups excluding carboxylic acids is 1. The van der Waals surface area contributed by atoms with Gasteiger partial charge in [0, 0.05) is 44.7 Å². The van der Waals surface area contributed by atoms with Crippen LogP contribution in [0, 0.1) is 5.92 Å². The Morgan fingerprint density at radius 3 is 2.46 bits per heavy atom. The number of thiocarbonyl (C=S) groups is 1. The molecule has 0 radical (unpaired) electrons. The van der Waals surface area contributed by atoms with Gasteiger partial charge in [0.15, 0.2) is 5.78 Å². The number of phenols is 1. The molecule has 0 amide bonds. The number of hydrogen-bond acceptors (Lipinski definition) is 4. The fraction of sp³-hybridized carbons (Fsp3) is 0.227. The summed E-state index contributed by atoms with van der Waals surface area (Å²) in [7, 11) is 0. The smallest absolute Gasteiger partial charge is 0.192 e. The molecule has 26 heavy (non-hydrogen) atoms. The third kappa shape index (κ3) is 2.36. The number of phenolic OH excluding ortho intramolecular Hbond substituents is 1. The van der Waals surface area contributed by atoms with E-state index in [4.69, 9.17) is 17.2 Å². The highest BCUT2D eigenvalue weighted by Crippen LogP contribution is 2.49. The van der Waals surface area contributed by atoms with Crippen LogP contribution in [-0.4, -0.2) is 21.5 Å². The molecule has 0 bridgehead atoms. The summed E-state index contributed by atoms with van der Waals surface area (Å²) in [5.74, 6) is -0.299. The molecule has 4 heteroatoms. The minimum atomic E-state index is -0.309. The van der Waals surface area contributed by atoms with Gasteiger partial charge >= 0.3 is 0 Å². The van der Waals surface area contributed by atoms with Crippen molar-refractivity contribution in [2.45, 2.75) is 26.2 Å². The average molecular weight is 361 g/mol. The van der Waals surface area contributed by atoms with Gasteiger partial charge in [-0.2, -0.15) is 0 Å². The Bertz CT molecular complexity index is 1000. The number of carbonyl (C=O) groups is 1. The van der Waals surface area contributed by atoms with Gasteiger partial charge in [0.05, 0.1) is 5.70 Å². The molecule has 1 aliphatic carbocycles. The maximum absolute atomic E-state index is 13.2. The molecule has 2 unspecified atom stereocenters. The van der Waals surface area contributed by atoms with Crippen molar-refractivity contribution in [2.75, 3.05) is 0 Å². The molecule has 0 saturated carbocycles. The van der Waals surface area contributed by atoms with Gasteiger partial charge in [-0.3, -0.25) is 9.79 Å². The van der Waals surface area contributed by atoms with Crippen LogP contribution in [0.2, 0.25) is 0 Å². The summed E-state index contributed by atoms with van der Waals surface area (Å²) in [5, 5.41) is 10.5. The number of fused-ring (bicyclic) bond motifs is 2. The van der Waals surface area contributed by atoms with Gasteiger partial charge in [0.25, 0.3) is 0 Å². The van der Waals surface area contributed by atoms with Gasteiger partial charge in [0.1, 0.15) is 5.75 Å². The molecule has 2 aromatic carbocycles. The van der Waals surface area contributed by atoms with E-state index in [0.29, 0.717) is 11.1 Å². The predicted octanol–water partition coefficient (Wildman–Crippen LogP) is 4.95. The molecule has 1 heterocycles. The number of aromatic hydroxyl groups is 1. The van der Waals surface area contributed by atoms with E-state index in [0.717, 1.165) is 33.8 Å². The van der Waals surface area contributed by atoms with E-state index in [1.807, 2.05) is 50.2 Å². The first kappa shape index (κ1) is 16.9. The van der Waals surface area contributed by atoms with E-state index >= 15 is 0 Å². The number of rotatable bonds is 3. The number of allylic oxidation sites excluding steroid dienone is 1. The lowest BCUT2D eigenvalue weighted by atomic mass is 9.73. The normalized spacial score (nSPS) is 21.3. The van der Waals surface area contributed by atoms with Crippen molar-refractivity contribution in [1.29, 1.82) is 0 Å². The van der Waals surface area contributed by atoms with Gasteiger partial charge < -0.3 is 5.11 Å². The molecule has 0 saturated heterocycles. The topological polar surface area (TPSA) is 49.7 Å². The number of para-hydroxylation sites is 1. The molecule has 0 fully saturated rings. The van der Waals surface area contributed by atoms with Gasteiger partial charge in [-0.25, -0.2) is 0 Å². The first-order valence-corrected chi connectivity index (χ1v) is 9.19. The molecular weight excluding hydrogens is 342 g/mol. The predicted molar refractivity (Wildman–Crippen MR) is 108 cm³/mol. The molecule has 2 aliphatic rings. The molecule has 0 aromatic heterocycles. The van der Waals surface area contributed by atoms with Crippen LogP contribution in [0.1, 0.15) is 47.7 Å². The van der Waals surface area contributed by atoms with E-state index in [-0.39, 0.29) is 23.4 Å². The highest BCUT2D eigenvalue weighted by molar-refractivity contribution is 7.80. The molecule has 0 spiro atoms. The summed E-state index contributed by atoms with van der Waals surface area (Å²) in [4.78, 5) is 18.9. The van der Waals surface area contributed by atoms with Crippen LogP contribution >= 0.6 is 12.2 Å². The quantitative estimate of drug-likeness (QED) is 0.787. The van der Waals surface area contributed by atoms with Crippen LogP contribution < -0.4 is 0 Å². The van der Waals surface area contributed by atoms with Crippen LogP contribution in [0.25, 0.3) is 5.70 Å². The zero-order valence-electron chi connectivity index (χ0n) is 14.7. The molecule has 4 rings (SSSR count). The summed E-state index contributed by atoms with van der Waals surface area (Å²) in [6, 6.07) is 14.8. The van der Waals surface area contributed by atoms with Crippen LogP contribution in [0.15, 0.2) is 59.1 Å². The van der Waals surface area contributed by atoms with E-state index in [1.165, 1.54) is 0 Å². The average Bonchev–Trinajstić information content (AvgIpc) is 2.93. The Hall–Kier alpha value is -2.59. The van der Waals surface area contributed by atoms with Gasteiger partial charge in [0.2, 0.25) is 0 Å². The van der Waals surface area contributed by atoms with Crippen LogP contribution in [0.5, 0.6) is 5.75 Å². The fourth-order valence-electron chi connectivity index (χ4n) is 4.07. The maximum Gasteiger partial charge on any atom is 0.192 e. The molecule has 1 N–H and O–H groups in total. The number of ketones is 1. The Kier molecular flexibility index (Phi) is 4.08. The highest BCUT2D eigenvalue weighted by Gasteiger charge is 2.44. The molecule has 2 aromatic rings. The van der Waals surface area contributed by atoms with Crippen LogP contribution in [0.3, 0.4) is 0 Å². The highest BCUT2D eigenvalue weighted by atomic mass is 32.1. The van der Waals surface area contributed by atoms with E-state index in [2.05, 4.69) is 0 Å². The summed E-state index contributed by atoms with van der Waals surface area (Å²) in [6.45, 7) is 3.99. The molecule has 130 valence electrons. The van der Waals surface area contributed by atoms with Gasteiger partial charge in [-0.15, -0.1) is 0 Å². The van der Waals surface area contributed by atoms with Crippen molar-refractivity contribution in [1.82, 2.24) is 0 Å². The summed E-state index contributed by atoms with van der Waals surface area (Å²) >= 11 is 5.66. The molecule has 3 nitrogen and oxygen atoms in total. The lowest BCUT2D eigenvalue weighted by molar-refractivity contribution is 0.103. The molecule has 2 atom stereocenters. The number of benzene rings is 2. The zero-order chi connectivity index (χ0) is 18.4. The second-order valence-electron chi connectivity index (χ2n) is 6.72. The van der Waals surface area contributed by atoms with E-state index in [9.17, 15) is 9.90 Å². The minimum absolute atomic E-state index is 0.0102. The van der Waals surface area contributed by atoms with E-state index in [1.54, 1.807) is 12.1 Å². The lowest BCUT2D eigenvalue weighted by Crippen LogP contribution is -2.32. The third-order valence-corrected chi connectivity index (χ3v) is 5.82.